The van der Waals surface area contributed by atoms with Crippen LogP contribution in [0.15, 0.2) is 40.9 Å². The van der Waals surface area contributed by atoms with E-state index in [0.29, 0.717) is 12.1 Å². The molecule has 2 aromatic rings. The molecule has 2 rings (SSSR count). The number of nitro groups is 1. The van der Waals surface area contributed by atoms with Crippen molar-refractivity contribution in [2.24, 2.45) is 0 Å². The first-order valence-electron chi connectivity index (χ1n) is 6.04. The Bertz CT molecular complexity index is 671. The second-order valence-electron chi connectivity index (χ2n) is 4.46. The molecule has 1 unspecified atom stereocenters. The van der Waals surface area contributed by atoms with Gasteiger partial charge in [-0.2, -0.15) is 0 Å². The van der Waals surface area contributed by atoms with E-state index in [0.717, 1.165) is 10.0 Å². The number of nitrogens with zero attached hydrogens (tertiary/aromatic N) is 1. The van der Waals surface area contributed by atoms with Gasteiger partial charge in [0.1, 0.15) is 5.69 Å². The summed E-state index contributed by atoms with van der Waals surface area (Å²) < 4.78 is 28.5. The van der Waals surface area contributed by atoms with Gasteiger partial charge in [-0.25, -0.2) is 8.78 Å². The number of anilines is 1. The molecule has 0 aliphatic carbocycles. The maximum Gasteiger partial charge on any atom is 0.275 e. The van der Waals surface area contributed by atoms with Crippen LogP contribution in [0.3, 0.4) is 0 Å². The molecule has 0 saturated heterocycles. The predicted octanol–water partition coefficient (Wildman–Crippen LogP) is 4.81. The van der Waals surface area contributed by atoms with Crippen LogP contribution in [0.4, 0.5) is 20.2 Å². The van der Waals surface area contributed by atoms with Crippen LogP contribution in [-0.4, -0.2) is 4.92 Å². The van der Waals surface area contributed by atoms with Crippen LogP contribution in [0.1, 0.15) is 18.5 Å². The lowest BCUT2D eigenvalue weighted by atomic mass is 10.1. The van der Waals surface area contributed by atoms with E-state index in [1.54, 1.807) is 13.0 Å². The Balaban J connectivity index is 2.29. The molecule has 0 spiro atoms. The summed E-state index contributed by atoms with van der Waals surface area (Å²) in [5, 5.41) is 13.2. The molecule has 0 bridgehead atoms. The van der Waals surface area contributed by atoms with Crippen molar-refractivity contribution in [3.05, 3.63) is 68.2 Å². The molecule has 110 valence electrons. The summed E-state index contributed by atoms with van der Waals surface area (Å²) in [5.74, 6) is -1.99. The summed E-state index contributed by atoms with van der Waals surface area (Å²) >= 11 is 3.32. The number of non-ortho nitro benzene ring substituents is 1. The van der Waals surface area contributed by atoms with Gasteiger partial charge < -0.3 is 5.32 Å². The van der Waals surface area contributed by atoms with Gasteiger partial charge in [0.05, 0.1) is 17.1 Å². The number of benzene rings is 2. The summed E-state index contributed by atoms with van der Waals surface area (Å²) in [5.41, 5.74) is -0.180. The second kappa shape index (κ2) is 6.17. The fraction of sp³-hybridized carbons (Fsp3) is 0.143. The second-order valence-corrected chi connectivity index (χ2v) is 5.38. The highest BCUT2D eigenvalue weighted by atomic mass is 79.9. The van der Waals surface area contributed by atoms with Gasteiger partial charge in [0.2, 0.25) is 0 Å². The van der Waals surface area contributed by atoms with E-state index in [-0.39, 0.29) is 11.7 Å². The lowest BCUT2D eigenvalue weighted by molar-refractivity contribution is -0.385. The standard InChI is InChI=1S/C14H11BrF2N2O2/c1-8(9-3-2-4-10(15)5-9)18-14-12(16)6-11(19(20)21)7-13(14)17/h2-8,18H,1H3. The average molecular weight is 357 g/mol. The molecule has 4 nitrogen and oxygen atoms in total. The van der Waals surface area contributed by atoms with Crippen molar-refractivity contribution < 1.29 is 13.7 Å². The van der Waals surface area contributed by atoms with E-state index in [1.807, 2.05) is 18.2 Å². The maximum atomic E-state index is 13.8. The zero-order valence-electron chi connectivity index (χ0n) is 10.9. The number of nitro benzene ring substituents is 1. The molecule has 7 heteroatoms. The molecule has 1 atom stereocenters. The van der Waals surface area contributed by atoms with Crippen molar-refractivity contribution in [1.29, 1.82) is 0 Å². The third-order valence-corrected chi connectivity index (χ3v) is 3.44. The molecule has 1 N–H and O–H groups in total. The Hall–Kier alpha value is -2.02. The van der Waals surface area contributed by atoms with E-state index in [9.17, 15) is 18.9 Å². The summed E-state index contributed by atoms with van der Waals surface area (Å²) in [6, 6.07) is 8.29. The first-order valence-corrected chi connectivity index (χ1v) is 6.83. The van der Waals surface area contributed by atoms with Crippen LogP contribution in [0.2, 0.25) is 0 Å². The molecule has 0 aromatic heterocycles. The van der Waals surface area contributed by atoms with Crippen molar-refractivity contribution in [2.45, 2.75) is 13.0 Å². The Morgan fingerprint density at radius 1 is 1.24 bits per heavy atom. The zero-order chi connectivity index (χ0) is 15.6. The molecule has 0 saturated carbocycles. The lowest BCUT2D eigenvalue weighted by Crippen LogP contribution is -2.10. The highest BCUT2D eigenvalue weighted by Gasteiger charge is 2.18. The van der Waals surface area contributed by atoms with Gasteiger partial charge in [0.25, 0.3) is 5.69 Å². The Kier molecular flexibility index (Phi) is 4.52. The third-order valence-electron chi connectivity index (χ3n) is 2.95. The molecule has 0 fully saturated rings. The minimum atomic E-state index is -0.997. The highest BCUT2D eigenvalue weighted by molar-refractivity contribution is 9.10. The molecule has 21 heavy (non-hydrogen) atoms. The normalized spacial score (nSPS) is 12.0. The van der Waals surface area contributed by atoms with Gasteiger partial charge in [-0.05, 0) is 24.6 Å². The monoisotopic (exact) mass is 356 g/mol. The molecular weight excluding hydrogens is 346 g/mol. The minimum Gasteiger partial charge on any atom is -0.374 e. The van der Waals surface area contributed by atoms with Crippen LogP contribution in [-0.2, 0) is 0 Å². The first-order chi connectivity index (χ1) is 9.88. The highest BCUT2D eigenvalue weighted by Crippen LogP contribution is 2.28. The molecular formula is C14H11BrF2N2O2. The fourth-order valence-corrected chi connectivity index (χ4v) is 2.30. The van der Waals surface area contributed by atoms with Crippen molar-refractivity contribution in [1.82, 2.24) is 0 Å². The van der Waals surface area contributed by atoms with Crippen molar-refractivity contribution in [2.75, 3.05) is 5.32 Å². The van der Waals surface area contributed by atoms with Gasteiger partial charge in [-0.15, -0.1) is 0 Å². The molecule has 0 aliphatic rings. The van der Waals surface area contributed by atoms with E-state index in [2.05, 4.69) is 21.2 Å². The van der Waals surface area contributed by atoms with Crippen LogP contribution in [0.25, 0.3) is 0 Å². The molecule has 0 amide bonds. The number of hydrogen-bond acceptors (Lipinski definition) is 3. The summed E-state index contributed by atoms with van der Waals surface area (Å²) in [7, 11) is 0. The average Bonchev–Trinajstić information content (AvgIpc) is 2.42. The van der Waals surface area contributed by atoms with E-state index >= 15 is 0 Å². The summed E-state index contributed by atoms with van der Waals surface area (Å²) in [6.45, 7) is 1.74. The molecule has 2 aromatic carbocycles. The van der Waals surface area contributed by atoms with Gasteiger partial charge in [-0.3, -0.25) is 10.1 Å². The van der Waals surface area contributed by atoms with Crippen LogP contribution in [0.5, 0.6) is 0 Å². The van der Waals surface area contributed by atoms with Gasteiger partial charge >= 0.3 is 0 Å². The van der Waals surface area contributed by atoms with Crippen LogP contribution < -0.4 is 5.32 Å². The number of rotatable bonds is 4. The van der Waals surface area contributed by atoms with Crippen LogP contribution in [0, 0.1) is 21.7 Å². The quantitative estimate of drug-likeness (QED) is 0.631. The summed E-state index contributed by atoms with van der Waals surface area (Å²) in [6.07, 6.45) is 0. The summed E-state index contributed by atoms with van der Waals surface area (Å²) in [4.78, 5) is 9.70. The largest absolute Gasteiger partial charge is 0.374 e. The number of halogens is 3. The number of hydrogen-bond donors (Lipinski definition) is 1. The number of nitrogens with one attached hydrogen (secondary N) is 1. The Labute approximate surface area is 128 Å². The molecule has 0 heterocycles. The third kappa shape index (κ3) is 3.55. The van der Waals surface area contributed by atoms with Gasteiger partial charge in [0.15, 0.2) is 11.6 Å². The lowest BCUT2D eigenvalue weighted by Gasteiger charge is -2.17. The van der Waals surface area contributed by atoms with Crippen molar-refractivity contribution in [3.8, 4) is 0 Å². The minimum absolute atomic E-state index is 0.368. The first kappa shape index (κ1) is 15.4. The van der Waals surface area contributed by atoms with Gasteiger partial charge in [-0.1, -0.05) is 28.1 Å². The maximum absolute atomic E-state index is 13.8. The topological polar surface area (TPSA) is 55.2 Å². The zero-order valence-corrected chi connectivity index (χ0v) is 12.5. The smallest absolute Gasteiger partial charge is 0.275 e. The van der Waals surface area contributed by atoms with Crippen molar-refractivity contribution in [3.63, 3.8) is 0 Å². The van der Waals surface area contributed by atoms with E-state index < -0.39 is 22.2 Å². The predicted molar refractivity (Wildman–Crippen MR) is 79.2 cm³/mol. The van der Waals surface area contributed by atoms with Crippen molar-refractivity contribution >= 4 is 27.3 Å². The fourth-order valence-electron chi connectivity index (χ4n) is 1.88. The van der Waals surface area contributed by atoms with Crippen LogP contribution >= 0.6 is 15.9 Å². The van der Waals surface area contributed by atoms with E-state index in [1.165, 1.54) is 0 Å². The SMILES string of the molecule is CC(Nc1c(F)cc([N+](=O)[O-])cc1F)c1cccc(Br)c1. The molecule has 0 radical (unpaired) electrons. The Morgan fingerprint density at radius 3 is 2.38 bits per heavy atom. The Morgan fingerprint density at radius 2 is 1.86 bits per heavy atom. The molecule has 0 aliphatic heterocycles. The van der Waals surface area contributed by atoms with Gasteiger partial charge in [0, 0.05) is 10.5 Å². The van der Waals surface area contributed by atoms with E-state index in [4.69, 9.17) is 0 Å².